The molecule has 1 atom stereocenters. The van der Waals surface area contributed by atoms with Gasteiger partial charge < -0.3 is 20.2 Å². The third-order valence-corrected chi connectivity index (χ3v) is 2.69. The fourth-order valence-corrected chi connectivity index (χ4v) is 1.74. The number of methoxy groups -OCH3 is 1. The summed E-state index contributed by atoms with van der Waals surface area (Å²) in [5.41, 5.74) is 0.584. The molecule has 0 aliphatic heterocycles. The third-order valence-electron chi connectivity index (χ3n) is 2.69. The van der Waals surface area contributed by atoms with Crippen LogP contribution < -0.4 is 5.32 Å². The summed E-state index contributed by atoms with van der Waals surface area (Å²) >= 11 is 0. The van der Waals surface area contributed by atoms with Gasteiger partial charge in [0.1, 0.15) is 0 Å². The average Bonchev–Trinajstić information content (AvgIpc) is 2.73. The van der Waals surface area contributed by atoms with Crippen molar-refractivity contribution >= 4 is 11.7 Å². The Kier molecular flexibility index (Phi) is 5.43. The predicted octanol–water partition coefficient (Wildman–Crippen LogP) is 0.813. The number of nitrogens with one attached hydrogen (secondary N) is 1. The van der Waals surface area contributed by atoms with Gasteiger partial charge in [-0.15, -0.1) is 0 Å². The van der Waals surface area contributed by atoms with Gasteiger partial charge in [-0.3, -0.25) is 4.79 Å². The van der Waals surface area contributed by atoms with Crippen LogP contribution in [-0.2, 0) is 9.53 Å². The van der Waals surface area contributed by atoms with E-state index >= 15 is 0 Å². The van der Waals surface area contributed by atoms with Crippen molar-refractivity contribution in [2.45, 2.75) is 26.3 Å². The molecular formula is C11H18N4O4. The Morgan fingerprint density at radius 1 is 1.68 bits per heavy atom. The number of carbonyl (C=O) groups excluding carboxylic acids is 1. The summed E-state index contributed by atoms with van der Waals surface area (Å²) in [6.45, 7) is 4.33. The molecular weight excluding hydrogens is 252 g/mol. The first kappa shape index (κ1) is 15.1. The van der Waals surface area contributed by atoms with Crippen LogP contribution >= 0.6 is 0 Å². The molecule has 1 aromatic rings. The van der Waals surface area contributed by atoms with Gasteiger partial charge >= 0.3 is 5.82 Å². The number of nitro groups is 1. The van der Waals surface area contributed by atoms with Crippen LogP contribution in [0, 0.1) is 17.0 Å². The second-order valence-corrected chi connectivity index (χ2v) is 4.05. The number of aromatic nitrogens is 2. The first-order valence-corrected chi connectivity index (χ1v) is 5.98. The van der Waals surface area contributed by atoms with Crippen LogP contribution in [0.4, 0.5) is 5.82 Å². The van der Waals surface area contributed by atoms with Crippen molar-refractivity contribution in [2.24, 2.45) is 0 Å². The lowest BCUT2D eigenvalue weighted by molar-refractivity contribution is -0.389. The number of nitrogens with zero attached hydrogens (tertiary/aromatic N) is 3. The monoisotopic (exact) mass is 270 g/mol. The second kappa shape index (κ2) is 6.83. The minimum absolute atomic E-state index is 0.222. The maximum absolute atomic E-state index is 12.0. The molecule has 1 N–H and O–H groups in total. The first-order chi connectivity index (χ1) is 9.01. The Morgan fingerprint density at radius 3 is 2.84 bits per heavy atom. The second-order valence-electron chi connectivity index (χ2n) is 4.05. The van der Waals surface area contributed by atoms with Crippen LogP contribution in [0.25, 0.3) is 0 Å². The summed E-state index contributed by atoms with van der Waals surface area (Å²) in [6.07, 6.45) is 0.499. The summed E-state index contributed by atoms with van der Waals surface area (Å²) in [4.78, 5) is 22.1. The Hall–Kier alpha value is -1.96. The maximum Gasteiger partial charge on any atom is 0.390 e. The van der Waals surface area contributed by atoms with Gasteiger partial charge in [-0.25, -0.2) is 0 Å². The molecule has 8 heteroatoms. The zero-order chi connectivity index (χ0) is 14.4. The smallest absolute Gasteiger partial charge is 0.383 e. The van der Waals surface area contributed by atoms with Crippen LogP contribution in [0.2, 0.25) is 0 Å². The molecule has 8 nitrogen and oxygen atoms in total. The highest BCUT2D eigenvalue weighted by Gasteiger charge is 2.26. The highest BCUT2D eigenvalue weighted by atomic mass is 16.6. The van der Waals surface area contributed by atoms with Gasteiger partial charge in [0.05, 0.1) is 23.5 Å². The standard InChI is InChI=1S/C11H18N4O4/c1-4-9(11(16)12-5-6-19-3)14-8(2)7-10(13-14)15(17)18/h7,9H,4-6H2,1-3H3,(H,12,16). The van der Waals surface area contributed by atoms with Crippen LogP contribution in [0.1, 0.15) is 25.1 Å². The van der Waals surface area contributed by atoms with Gasteiger partial charge in [0.15, 0.2) is 6.04 Å². The number of rotatable bonds is 7. The molecule has 19 heavy (non-hydrogen) atoms. The predicted molar refractivity (Wildman–Crippen MR) is 67.8 cm³/mol. The van der Waals surface area contributed by atoms with Gasteiger partial charge in [0, 0.05) is 13.7 Å². The number of ether oxygens (including phenoxy) is 1. The fraction of sp³-hybridized carbons (Fsp3) is 0.636. The third kappa shape index (κ3) is 3.75. The number of hydrogen-bond donors (Lipinski definition) is 1. The van der Waals surface area contributed by atoms with E-state index in [1.165, 1.54) is 10.7 Å². The lowest BCUT2D eigenvalue weighted by Gasteiger charge is -2.13. The molecule has 0 fully saturated rings. The lowest BCUT2D eigenvalue weighted by atomic mass is 10.2. The van der Waals surface area contributed by atoms with E-state index in [-0.39, 0.29) is 11.7 Å². The zero-order valence-electron chi connectivity index (χ0n) is 11.3. The topological polar surface area (TPSA) is 99.3 Å². The van der Waals surface area contributed by atoms with Crippen molar-refractivity contribution in [1.29, 1.82) is 0 Å². The Morgan fingerprint density at radius 2 is 2.37 bits per heavy atom. The number of hydrogen-bond acceptors (Lipinski definition) is 5. The summed E-state index contributed by atoms with van der Waals surface area (Å²) < 4.78 is 6.23. The molecule has 1 rings (SSSR count). The fourth-order valence-electron chi connectivity index (χ4n) is 1.74. The largest absolute Gasteiger partial charge is 0.390 e. The molecule has 106 valence electrons. The number of carbonyl (C=O) groups is 1. The summed E-state index contributed by atoms with van der Waals surface area (Å²) in [5, 5.41) is 17.2. The van der Waals surface area contributed by atoms with Crippen LogP contribution in [0.15, 0.2) is 6.07 Å². The summed E-state index contributed by atoms with van der Waals surface area (Å²) in [6, 6.07) is 0.802. The van der Waals surface area contributed by atoms with Gasteiger partial charge in [-0.1, -0.05) is 6.92 Å². The number of aryl methyl sites for hydroxylation is 1. The molecule has 1 heterocycles. The van der Waals surface area contributed by atoms with Crippen molar-refractivity contribution in [2.75, 3.05) is 20.3 Å². The molecule has 1 amide bonds. The van der Waals surface area contributed by atoms with Crippen molar-refractivity contribution in [3.8, 4) is 0 Å². The molecule has 0 aliphatic carbocycles. The summed E-state index contributed by atoms with van der Waals surface area (Å²) in [7, 11) is 1.55. The van der Waals surface area contributed by atoms with E-state index < -0.39 is 11.0 Å². The molecule has 0 spiro atoms. The Balaban J connectivity index is 2.84. The van der Waals surface area contributed by atoms with Crippen molar-refractivity contribution in [3.05, 3.63) is 21.9 Å². The zero-order valence-corrected chi connectivity index (χ0v) is 11.3. The van der Waals surface area contributed by atoms with E-state index in [0.717, 1.165) is 0 Å². The SMILES string of the molecule is CCC(C(=O)NCCOC)n1nc([N+](=O)[O-])cc1C. The van der Waals surface area contributed by atoms with Gasteiger partial charge in [-0.05, 0) is 18.3 Å². The van der Waals surface area contributed by atoms with E-state index in [1.54, 1.807) is 14.0 Å². The highest BCUT2D eigenvalue weighted by molar-refractivity contribution is 5.80. The van der Waals surface area contributed by atoms with Gasteiger partial charge in [-0.2, -0.15) is 4.68 Å². The van der Waals surface area contributed by atoms with Crippen LogP contribution in [-0.4, -0.2) is 40.9 Å². The molecule has 0 aromatic carbocycles. The molecule has 1 unspecified atom stereocenters. The van der Waals surface area contributed by atoms with Crippen molar-refractivity contribution in [3.63, 3.8) is 0 Å². The van der Waals surface area contributed by atoms with E-state index in [9.17, 15) is 14.9 Å². The van der Waals surface area contributed by atoms with Crippen LogP contribution in [0.3, 0.4) is 0 Å². The van der Waals surface area contributed by atoms with E-state index in [4.69, 9.17) is 4.74 Å². The average molecular weight is 270 g/mol. The molecule has 0 aliphatic rings. The molecule has 0 saturated carbocycles. The van der Waals surface area contributed by atoms with E-state index in [2.05, 4.69) is 10.4 Å². The lowest BCUT2D eigenvalue weighted by Crippen LogP contribution is -2.35. The van der Waals surface area contributed by atoms with Crippen molar-refractivity contribution in [1.82, 2.24) is 15.1 Å². The molecule has 0 radical (unpaired) electrons. The normalized spacial score (nSPS) is 12.2. The minimum atomic E-state index is -0.570. The molecule has 1 aromatic heterocycles. The van der Waals surface area contributed by atoms with E-state index in [0.29, 0.717) is 25.3 Å². The van der Waals surface area contributed by atoms with Gasteiger partial charge in [0.25, 0.3) is 0 Å². The maximum atomic E-state index is 12.0. The quantitative estimate of drug-likeness (QED) is 0.449. The number of amides is 1. The van der Waals surface area contributed by atoms with Crippen LogP contribution in [0.5, 0.6) is 0 Å². The van der Waals surface area contributed by atoms with Gasteiger partial charge in [0.2, 0.25) is 5.91 Å². The first-order valence-electron chi connectivity index (χ1n) is 5.98. The molecule has 0 saturated heterocycles. The Labute approximate surface area is 110 Å². The summed E-state index contributed by atoms with van der Waals surface area (Å²) in [5.74, 6) is -0.471. The van der Waals surface area contributed by atoms with Crippen molar-refractivity contribution < 1.29 is 14.5 Å². The Bertz CT molecular complexity index is 458. The highest BCUT2D eigenvalue weighted by Crippen LogP contribution is 2.18. The van der Waals surface area contributed by atoms with E-state index in [1.807, 2.05) is 6.92 Å². The molecule has 0 bridgehead atoms. The minimum Gasteiger partial charge on any atom is -0.383 e.